The summed E-state index contributed by atoms with van der Waals surface area (Å²) in [4.78, 5) is 20.6. The molecule has 0 saturated heterocycles. The number of aromatic nitrogens is 1. The average Bonchev–Trinajstić information content (AvgIpc) is 3.45. The third kappa shape index (κ3) is 4.13. The Labute approximate surface area is 173 Å². The Morgan fingerprint density at radius 1 is 1.43 bits per heavy atom. The highest BCUT2D eigenvalue weighted by Crippen LogP contribution is 2.32. The second-order valence-electron chi connectivity index (χ2n) is 8.03. The number of ether oxygens (including phenoxy) is 1. The van der Waals surface area contributed by atoms with Gasteiger partial charge in [-0.1, -0.05) is 6.92 Å². The molecule has 1 fully saturated rings. The number of nitrogens with zero attached hydrogens (tertiary/aromatic N) is 2. The minimum absolute atomic E-state index is 0.00375. The second kappa shape index (κ2) is 8.23. The number of pyridine rings is 1. The molecule has 0 bridgehead atoms. The Hall–Kier alpha value is -2.65. The first-order valence-electron chi connectivity index (χ1n) is 10.0. The number of amides is 1. The lowest BCUT2D eigenvalue weighted by molar-refractivity contribution is -0.836. The average molecular weight is 418 g/mol. The third-order valence-corrected chi connectivity index (χ3v) is 5.80. The molecule has 2 aliphatic heterocycles. The molecule has 160 valence electrons. The van der Waals surface area contributed by atoms with E-state index in [0.29, 0.717) is 23.3 Å². The Bertz CT molecular complexity index is 940. The summed E-state index contributed by atoms with van der Waals surface area (Å²) in [6.45, 7) is 2.95. The Balaban J connectivity index is 1.54. The first-order valence-corrected chi connectivity index (χ1v) is 10.0. The summed E-state index contributed by atoms with van der Waals surface area (Å²) < 4.78 is 29.8. The van der Waals surface area contributed by atoms with Crippen LogP contribution in [-0.2, 0) is 4.79 Å². The smallest absolute Gasteiger partial charge is 0.272 e. The maximum absolute atomic E-state index is 13.1. The molecule has 3 unspecified atom stereocenters. The Morgan fingerprint density at radius 2 is 2.20 bits per heavy atom. The second-order valence-corrected chi connectivity index (χ2v) is 8.03. The molecule has 7 nitrogen and oxygen atoms in total. The van der Waals surface area contributed by atoms with Crippen molar-refractivity contribution in [1.82, 2.24) is 10.3 Å². The Kier molecular flexibility index (Phi) is 5.66. The van der Waals surface area contributed by atoms with Gasteiger partial charge in [0.05, 0.1) is 11.8 Å². The van der Waals surface area contributed by atoms with Crippen molar-refractivity contribution in [2.75, 3.05) is 6.61 Å². The number of fused-ring (bicyclic) bond motifs is 1. The van der Waals surface area contributed by atoms with Gasteiger partial charge in [0.1, 0.15) is 6.04 Å². The molecule has 0 spiro atoms. The SMILES string of the molecule is Cc1cc(C(C)C2CC(NC(=O)C3CC3)=C3C=NC=C3[NH+]2[O-])cnc1OCC(F)F. The quantitative estimate of drug-likeness (QED) is 0.663. The molecular weight excluding hydrogens is 394 g/mol. The number of aryl methyl sites for hydroxylation is 1. The van der Waals surface area contributed by atoms with Crippen LogP contribution in [-0.4, -0.2) is 36.2 Å². The molecule has 0 radical (unpaired) electrons. The van der Waals surface area contributed by atoms with Gasteiger partial charge in [-0.15, -0.1) is 0 Å². The summed E-state index contributed by atoms with van der Waals surface area (Å²) in [5.41, 5.74) is 3.39. The van der Waals surface area contributed by atoms with Crippen molar-refractivity contribution in [3.63, 3.8) is 0 Å². The van der Waals surface area contributed by atoms with E-state index in [0.717, 1.165) is 24.1 Å². The molecule has 1 aliphatic carbocycles. The molecule has 1 aromatic rings. The standard InChI is InChI=1S/C21H24F2N4O3/c1-11-5-14(7-25-21(11)30-10-19(22)23)12(2)17-6-16(26-20(28)13-3-4-13)15-8-24-9-18(15)27(17)29/h5,7-9,12-13,17,19,27H,3-4,6,10H2,1-2H3,(H,26,28). The molecule has 3 atom stereocenters. The highest BCUT2D eigenvalue weighted by atomic mass is 19.3. The van der Waals surface area contributed by atoms with Crippen LogP contribution in [0.3, 0.4) is 0 Å². The molecule has 1 saturated carbocycles. The van der Waals surface area contributed by atoms with Crippen LogP contribution in [0.1, 0.15) is 43.2 Å². The molecule has 0 aromatic carbocycles. The van der Waals surface area contributed by atoms with Crippen LogP contribution in [0.5, 0.6) is 5.88 Å². The summed E-state index contributed by atoms with van der Waals surface area (Å²) in [5.74, 6) is 0.0253. The lowest BCUT2D eigenvalue weighted by Gasteiger charge is -2.40. The number of aliphatic imine (C=N–C) groups is 1. The Morgan fingerprint density at radius 3 is 2.87 bits per heavy atom. The number of alkyl halides is 2. The fourth-order valence-electron chi connectivity index (χ4n) is 3.86. The fourth-order valence-corrected chi connectivity index (χ4v) is 3.86. The number of quaternary nitrogens is 1. The minimum atomic E-state index is -2.57. The number of halogens is 2. The molecule has 4 rings (SSSR count). The van der Waals surface area contributed by atoms with Gasteiger partial charge in [-0.2, -0.15) is 0 Å². The number of allylic oxidation sites excluding steroid dienone is 1. The van der Waals surface area contributed by atoms with Crippen molar-refractivity contribution in [3.05, 3.63) is 51.8 Å². The van der Waals surface area contributed by atoms with Crippen LogP contribution in [0.15, 0.2) is 40.4 Å². The van der Waals surface area contributed by atoms with Crippen molar-refractivity contribution in [1.29, 1.82) is 0 Å². The van der Waals surface area contributed by atoms with Gasteiger partial charge in [0.2, 0.25) is 11.8 Å². The molecule has 30 heavy (non-hydrogen) atoms. The fraction of sp³-hybridized carbons (Fsp3) is 0.476. The summed E-state index contributed by atoms with van der Waals surface area (Å²) in [6, 6.07) is 1.43. The molecule has 2 N–H and O–H groups in total. The van der Waals surface area contributed by atoms with Crippen molar-refractivity contribution in [3.8, 4) is 5.88 Å². The number of rotatable bonds is 7. The number of carbonyl (C=O) groups excluding carboxylic acids is 1. The van der Waals surface area contributed by atoms with E-state index in [4.69, 9.17) is 4.74 Å². The van der Waals surface area contributed by atoms with E-state index in [1.807, 2.05) is 13.0 Å². The van der Waals surface area contributed by atoms with E-state index in [1.54, 1.807) is 25.5 Å². The van der Waals surface area contributed by atoms with E-state index >= 15 is 0 Å². The van der Waals surface area contributed by atoms with Crippen molar-refractivity contribution >= 4 is 12.1 Å². The van der Waals surface area contributed by atoms with Crippen LogP contribution in [0.25, 0.3) is 0 Å². The van der Waals surface area contributed by atoms with Crippen LogP contribution in [0.4, 0.5) is 8.78 Å². The zero-order valence-corrected chi connectivity index (χ0v) is 16.8. The van der Waals surface area contributed by atoms with E-state index in [9.17, 15) is 18.8 Å². The van der Waals surface area contributed by atoms with E-state index < -0.39 is 13.0 Å². The first-order chi connectivity index (χ1) is 14.3. The maximum Gasteiger partial charge on any atom is 0.272 e. The van der Waals surface area contributed by atoms with Crippen LogP contribution >= 0.6 is 0 Å². The van der Waals surface area contributed by atoms with E-state index in [1.165, 1.54) is 0 Å². The number of carbonyl (C=O) groups is 1. The third-order valence-electron chi connectivity index (χ3n) is 5.80. The normalized spacial score (nSPS) is 24.0. The monoisotopic (exact) mass is 418 g/mol. The van der Waals surface area contributed by atoms with Gasteiger partial charge in [0, 0.05) is 41.9 Å². The summed E-state index contributed by atoms with van der Waals surface area (Å²) in [5, 5.41) is 16.1. The van der Waals surface area contributed by atoms with Crippen molar-refractivity contribution < 1.29 is 23.4 Å². The summed E-state index contributed by atoms with van der Waals surface area (Å²) in [6.07, 6.45) is 4.36. The van der Waals surface area contributed by atoms with Gasteiger partial charge in [-0.25, -0.2) is 13.8 Å². The number of hydrogen-bond acceptors (Lipinski definition) is 5. The minimum Gasteiger partial charge on any atom is -0.629 e. The first kappa shape index (κ1) is 20.6. The number of nitrogens with one attached hydrogen (secondary N) is 2. The highest BCUT2D eigenvalue weighted by Gasteiger charge is 2.39. The lowest BCUT2D eigenvalue weighted by atomic mass is 9.86. The predicted octanol–water partition coefficient (Wildman–Crippen LogP) is 2.00. The molecule has 1 aromatic heterocycles. The number of hydrogen-bond donors (Lipinski definition) is 2. The van der Waals surface area contributed by atoms with Crippen molar-refractivity contribution in [2.45, 2.75) is 51.5 Å². The van der Waals surface area contributed by atoms with E-state index in [-0.39, 0.29) is 34.7 Å². The number of hydroxylamine groups is 2. The van der Waals surface area contributed by atoms with Crippen LogP contribution < -0.4 is 15.1 Å². The van der Waals surface area contributed by atoms with Gasteiger partial charge in [-0.3, -0.25) is 9.79 Å². The van der Waals surface area contributed by atoms with Gasteiger partial charge < -0.3 is 20.3 Å². The summed E-state index contributed by atoms with van der Waals surface area (Å²) >= 11 is 0. The topological polar surface area (TPSA) is 91.1 Å². The van der Waals surface area contributed by atoms with Gasteiger partial charge in [-0.05, 0) is 31.4 Å². The zero-order valence-electron chi connectivity index (χ0n) is 16.8. The lowest BCUT2D eigenvalue weighted by Crippen LogP contribution is -3.11. The summed E-state index contributed by atoms with van der Waals surface area (Å²) in [7, 11) is 0. The molecule has 3 aliphatic rings. The molecule has 9 heteroatoms. The van der Waals surface area contributed by atoms with Gasteiger partial charge in [0.25, 0.3) is 6.43 Å². The predicted molar refractivity (Wildman–Crippen MR) is 106 cm³/mol. The van der Waals surface area contributed by atoms with Gasteiger partial charge >= 0.3 is 0 Å². The zero-order chi connectivity index (χ0) is 21.4. The molecule has 1 amide bonds. The van der Waals surface area contributed by atoms with Gasteiger partial charge in [0.15, 0.2) is 12.3 Å². The van der Waals surface area contributed by atoms with Crippen LogP contribution in [0, 0.1) is 18.0 Å². The maximum atomic E-state index is 13.1. The molecular formula is C21H24F2N4O3. The van der Waals surface area contributed by atoms with E-state index in [2.05, 4.69) is 15.3 Å². The highest BCUT2D eigenvalue weighted by molar-refractivity contribution is 5.90. The largest absolute Gasteiger partial charge is 0.629 e. The van der Waals surface area contributed by atoms with Crippen LogP contribution in [0.2, 0.25) is 0 Å². The molecule has 3 heterocycles. The van der Waals surface area contributed by atoms with Crippen molar-refractivity contribution in [2.24, 2.45) is 10.9 Å².